The molecule has 1 spiro atoms. The van der Waals surface area contributed by atoms with E-state index in [4.69, 9.17) is 0 Å². The lowest BCUT2D eigenvalue weighted by Gasteiger charge is -2.49. The molecule has 2 aliphatic heterocycles. The lowest BCUT2D eigenvalue weighted by atomic mass is 9.89. The van der Waals surface area contributed by atoms with Gasteiger partial charge in [-0.25, -0.2) is 0 Å². The third kappa shape index (κ3) is 1.84. The fourth-order valence-electron chi connectivity index (χ4n) is 3.66. The molecule has 14 heavy (non-hydrogen) atoms. The van der Waals surface area contributed by atoms with E-state index in [-0.39, 0.29) is 0 Å². The van der Waals surface area contributed by atoms with Crippen LogP contribution in [0.15, 0.2) is 0 Å². The van der Waals surface area contributed by atoms with Crippen molar-refractivity contribution in [3.8, 4) is 0 Å². The van der Waals surface area contributed by atoms with Gasteiger partial charge in [0.15, 0.2) is 0 Å². The number of quaternary nitrogens is 1. The smallest absolute Gasteiger partial charge is 0.0887 e. The van der Waals surface area contributed by atoms with E-state index in [1.807, 2.05) is 0 Å². The molecular weight excluding hydrogens is 170 g/mol. The predicted molar refractivity (Wildman–Crippen MR) is 61.2 cm³/mol. The molecule has 2 atom stereocenters. The van der Waals surface area contributed by atoms with Crippen LogP contribution in [0.1, 0.15) is 52.4 Å². The van der Waals surface area contributed by atoms with Crippen molar-refractivity contribution >= 4 is 0 Å². The fourth-order valence-corrected chi connectivity index (χ4v) is 3.66. The molecule has 2 unspecified atom stereocenters. The highest BCUT2D eigenvalue weighted by Crippen LogP contribution is 2.33. The molecule has 82 valence electrons. The normalized spacial score (nSPS) is 38.1. The molecule has 0 aromatic heterocycles. The second-order valence-corrected chi connectivity index (χ2v) is 5.66. The van der Waals surface area contributed by atoms with Gasteiger partial charge >= 0.3 is 0 Å². The summed E-state index contributed by atoms with van der Waals surface area (Å²) in [5.74, 6) is 0.960. The Morgan fingerprint density at radius 1 is 0.786 bits per heavy atom. The summed E-state index contributed by atoms with van der Waals surface area (Å²) >= 11 is 0. The molecule has 0 aliphatic carbocycles. The molecule has 2 aliphatic rings. The minimum absolute atomic E-state index is 0.932. The molecule has 2 fully saturated rings. The van der Waals surface area contributed by atoms with E-state index in [2.05, 4.69) is 13.8 Å². The van der Waals surface area contributed by atoms with Gasteiger partial charge in [0.05, 0.1) is 25.7 Å². The van der Waals surface area contributed by atoms with E-state index in [1.54, 1.807) is 0 Å². The number of rotatable bonds is 0. The molecule has 0 aromatic rings. The highest BCUT2D eigenvalue weighted by atomic mass is 15.4. The van der Waals surface area contributed by atoms with E-state index in [0.29, 0.717) is 0 Å². The number of hydrogen-bond donors (Lipinski definition) is 0. The zero-order valence-corrected chi connectivity index (χ0v) is 9.97. The van der Waals surface area contributed by atoms with Gasteiger partial charge in [-0.3, -0.25) is 0 Å². The summed E-state index contributed by atoms with van der Waals surface area (Å²) < 4.78 is 1.47. The second kappa shape index (κ2) is 4.22. The monoisotopic (exact) mass is 196 g/mol. The first kappa shape index (κ1) is 10.5. The van der Waals surface area contributed by atoms with Gasteiger partial charge in [0.2, 0.25) is 0 Å². The van der Waals surface area contributed by atoms with Crippen LogP contribution >= 0.6 is 0 Å². The molecule has 2 rings (SSSR count). The first-order valence-corrected chi connectivity index (χ1v) is 6.60. The lowest BCUT2D eigenvalue weighted by Crippen LogP contribution is -2.59. The van der Waals surface area contributed by atoms with E-state index in [0.717, 1.165) is 12.0 Å². The molecule has 0 bridgehead atoms. The van der Waals surface area contributed by atoms with Crippen LogP contribution in [0.5, 0.6) is 0 Å². The third-order valence-corrected chi connectivity index (χ3v) is 4.91. The van der Waals surface area contributed by atoms with Crippen molar-refractivity contribution in [3.05, 3.63) is 0 Å². The topological polar surface area (TPSA) is 0 Å². The third-order valence-electron chi connectivity index (χ3n) is 4.91. The summed E-state index contributed by atoms with van der Waals surface area (Å²) in [6.07, 6.45) is 8.89. The second-order valence-electron chi connectivity index (χ2n) is 5.66. The summed E-state index contributed by atoms with van der Waals surface area (Å²) in [5.41, 5.74) is 0. The fraction of sp³-hybridized carbons (Fsp3) is 1.00. The van der Waals surface area contributed by atoms with Crippen molar-refractivity contribution in [1.29, 1.82) is 0 Å². The molecule has 2 heterocycles. The summed E-state index contributed by atoms with van der Waals surface area (Å²) in [4.78, 5) is 0. The number of piperidine rings is 1. The molecule has 0 aromatic carbocycles. The van der Waals surface area contributed by atoms with E-state index < -0.39 is 0 Å². The van der Waals surface area contributed by atoms with Crippen molar-refractivity contribution < 1.29 is 4.48 Å². The minimum Gasteiger partial charge on any atom is -0.321 e. The van der Waals surface area contributed by atoms with Gasteiger partial charge in [0, 0.05) is 5.92 Å². The van der Waals surface area contributed by atoms with Gasteiger partial charge in [-0.15, -0.1) is 0 Å². The van der Waals surface area contributed by atoms with Crippen LogP contribution in [-0.2, 0) is 0 Å². The number of hydrogen-bond acceptors (Lipinski definition) is 0. The Hall–Kier alpha value is -0.0400. The molecular formula is C13H26N+. The maximum Gasteiger partial charge on any atom is 0.0887 e. The van der Waals surface area contributed by atoms with Crippen LogP contribution in [0.2, 0.25) is 0 Å². The van der Waals surface area contributed by atoms with E-state index in [1.165, 1.54) is 62.6 Å². The SMILES string of the molecule is CC1CCC[N+]2(CCCCCC2)C1C. The van der Waals surface area contributed by atoms with Gasteiger partial charge in [-0.1, -0.05) is 6.92 Å². The summed E-state index contributed by atoms with van der Waals surface area (Å²) in [6, 6.07) is 0.932. The Kier molecular flexibility index (Phi) is 3.16. The average molecular weight is 196 g/mol. The maximum absolute atomic E-state index is 2.51. The highest BCUT2D eigenvalue weighted by Gasteiger charge is 2.40. The molecule has 0 amide bonds. The van der Waals surface area contributed by atoms with Crippen LogP contribution in [0.4, 0.5) is 0 Å². The Bertz CT molecular complexity index is 180. The van der Waals surface area contributed by atoms with Gasteiger partial charge in [-0.2, -0.15) is 0 Å². The van der Waals surface area contributed by atoms with Crippen LogP contribution < -0.4 is 0 Å². The van der Waals surface area contributed by atoms with Gasteiger partial charge in [0.1, 0.15) is 0 Å². The lowest BCUT2D eigenvalue weighted by molar-refractivity contribution is -0.957. The first-order chi connectivity index (χ1) is 6.75. The zero-order chi connectivity index (χ0) is 10.0. The molecule has 0 N–H and O–H groups in total. The first-order valence-electron chi connectivity index (χ1n) is 6.60. The van der Waals surface area contributed by atoms with Crippen molar-refractivity contribution in [2.24, 2.45) is 5.92 Å². The van der Waals surface area contributed by atoms with Gasteiger partial charge < -0.3 is 4.48 Å². The average Bonchev–Trinajstić information content (AvgIpc) is 2.41. The van der Waals surface area contributed by atoms with Crippen molar-refractivity contribution in [2.45, 2.75) is 58.4 Å². The zero-order valence-electron chi connectivity index (χ0n) is 9.97. The summed E-state index contributed by atoms with van der Waals surface area (Å²) in [5, 5.41) is 0. The Morgan fingerprint density at radius 2 is 1.36 bits per heavy atom. The minimum atomic E-state index is 0.932. The van der Waals surface area contributed by atoms with Crippen LogP contribution in [0, 0.1) is 5.92 Å². The summed E-state index contributed by atoms with van der Waals surface area (Å²) in [7, 11) is 0. The standard InChI is InChI=1S/C13H26N/c1-12-8-7-11-14(13(12)2)9-5-3-4-6-10-14/h12-13H,3-11H2,1-2H3/q+1. The van der Waals surface area contributed by atoms with E-state index in [9.17, 15) is 0 Å². The van der Waals surface area contributed by atoms with E-state index >= 15 is 0 Å². The van der Waals surface area contributed by atoms with Crippen molar-refractivity contribution in [2.75, 3.05) is 19.6 Å². The Morgan fingerprint density at radius 3 is 2.00 bits per heavy atom. The Balaban J connectivity index is 2.09. The van der Waals surface area contributed by atoms with Gasteiger partial charge in [-0.05, 0) is 45.4 Å². The molecule has 0 saturated carbocycles. The van der Waals surface area contributed by atoms with Crippen LogP contribution in [0.25, 0.3) is 0 Å². The van der Waals surface area contributed by atoms with Crippen molar-refractivity contribution in [1.82, 2.24) is 0 Å². The molecule has 0 radical (unpaired) electrons. The maximum atomic E-state index is 2.51. The van der Waals surface area contributed by atoms with Crippen LogP contribution in [-0.4, -0.2) is 30.2 Å². The van der Waals surface area contributed by atoms with Crippen LogP contribution in [0.3, 0.4) is 0 Å². The predicted octanol–water partition coefficient (Wildman–Crippen LogP) is 3.20. The largest absolute Gasteiger partial charge is 0.321 e. The molecule has 1 heteroatoms. The van der Waals surface area contributed by atoms with Gasteiger partial charge in [0.25, 0.3) is 0 Å². The Labute approximate surface area is 89.1 Å². The highest BCUT2D eigenvalue weighted by molar-refractivity contribution is 4.71. The quantitative estimate of drug-likeness (QED) is 0.522. The van der Waals surface area contributed by atoms with Crippen molar-refractivity contribution in [3.63, 3.8) is 0 Å². The molecule has 2 saturated heterocycles. The number of nitrogens with zero attached hydrogens (tertiary/aromatic N) is 1. The summed E-state index contributed by atoms with van der Waals surface area (Å²) in [6.45, 7) is 9.41. The molecule has 1 nitrogen and oxygen atoms in total.